The van der Waals surface area contributed by atoms with Crippen molar-refractivity contribution < 1.29 is 33.2 Å². The lowest BCUT2D eigenvalue weighted by molar-refractivity contribution is -0.249. The van der Waals surface area contributed by atoms with Gasteiger partial charge in [-0.25, -0.2) is 0 Å². The van der Waals surface area contributed by atoms with Gasteiger partial charge in [-0.05, 0) is 41.0 Å². The molecule has 1 aliphatic rings. The molecule has 44 heavy (non-hydrogen) atoms. The summed E-state index contributed by atoms with van der Waals surface area (Å²) in [5, 5.41) is 0. The first-order chi connectivity index (χ1) is 21.6. The van der Waals surface area contributed by atoms with Crippen LogP contribution in [0.2, 0.25) is 0 Å². The van der Waals surface area contributed by atoms with E-state index in [-0.39, 0.29) is 6.61 Å². The number of methoxy groups -OCH3 is 1. The third-order valence-corrected chi connectivity index (χ3v) is 8.33. The number of carbonyl (C=O) groups excluding carboxylic acids is 1. The van der Waals surface area contributed by atoms with E-state index in [1.165, 1.54) is 18.7 Å². The van der Waals surface area contributed by atoms with E-state index in [0.717, 1.165) is 27.3 Å². The first-order valence-corrected chi connectivity index (χ1v) is 15.5. The quantitative estimate of drug-likeness (QED) is 0.143. The Balaban J connectivity index is 1.44. The fourth-order valence-corrected chi connectivity index (χ4v) is 6.11. The van der Waals surface area contributed by atoms with Gasteiger partial charge in [0.15, 0.2) is 6.10 Å². The molecule has 5 atom stereocenters. The van der Waals surface area contributed by atoms with Crippen LogP contribution in [0.4, 0.5) is 0 Å². The largest absolute Gasteiger partial charge is 0.497 e. The first-order valence-electron chi connectivity index (χ1n) is 14.6. The lowest BCUT2D eigenvalue weighted by atomic mass is 9.99. The fraction of sp³-hybridized carbons (Fsp3) is 0.306. The predicted molar refractivity (Wildman–Crippen MR) is 169 cm³/mol. The summed E-state index contributed by atoms with van der Waals surface area (Å²) in [7, 11) is 1.63. The minimum Gasteiger partial charge on any atom is -0.497 e. The Morgan fingerprint density at radius 3 is 1.73 bits per heavy atom. The number of esters is 1. The van der Waals surface area contributed by atoms with Crippen LogP contribution in [-0.2, 0) is 48.3 Å². The van der Waals surface area contributed by atoms with Gasteiger partial charge in [0.25, 0.3) is 0 Å². The Morgan fingerprint density at radius 1 is 0.682 bits per heavy atom. The third-order valence-electron chi connectivity index (χ3n) is 7.17. The summed E-state index contributed by atoms with van der Waals surface area (Å²) >= 11 is 1.46. The Hall–Kier alpha value is -3.66. The predicted octanol–water partition coefficient (Wildman–Crippen LogP) is 6.83. The molecule has 1 saturated heterocycles. The molecular formula is C36H38O7S. The summed E-state index contributed by atoms with van der Waals surface area (Å²) in [6.45, 7) is 2.72. The molecule has 0 saturated carbocycles. The molecule has 0 bridgehead atoms. The van der Waals surface area contributed by atoms with E-state index in [1.54, 1.807) is 7.11 Å². The van der Waals surface area contributed by atoms with Gasteiger partial charge < -0.3 is 28.4 Å². The molecule has 0 spiro atoms. The van der Waals surface area contributed by atoms with Crippen LogP contribution in [0.15, 0.2) is 120 Å². The van der Waals surface area contributed by atoms with Gasteiger partial charge in [-0.3, -0.25) is 4.79 Å². The van der Waals surface area contributed by atoms with Crippen LogP contribution in [0, 0.1) is 0 Å². The van der Waals surface area contributed by atoms with Crippen molar-refractivity contribution in [2.24, 2.45) is 0 Å². The maximum Gasteiger partial charge on any atom is 0.303 e. The number of rotatable bonds is 14. The second-order valence-corrected chi connectivity index (χ2v) is 11.6. The molecular weight excluding hydrogens is 576 g/mol. The second-order valence-electron chi connectivity index (χ2n) is 10.4. The Kier molecular flexibility index (Phi) is 11.9. The van der Waals surface area contributed by atoms with Crippen molar-refractivity contribution in [2.75, 3.05) is 13.7 Å². The van der Waals surface area contributed by atoms with Crippen molar-refractivity contribution in [3.05, 3.63) is 132 Å². The monoisotopic (exact) mass is 614 g/mol. The number of carbonyl (C=O) groups is 1. The van der Waals surface area contributed by atoms with E-state index >= 15 is 0 Å². The number of ether oxygens (including phenoxy) is 6. The van der Waals surface area contributed by atoms with E-state index in [1.807, 2.05) is 115 Å². The van der Waals surface area contributed by atoms with Gasteiger partial charge in [0, 0.05) is 11.8 Å². The first kappa shape index (κ1) is 31.8. The molecule has 1 heterocycles. The topological polar surface area (TPSA) is 72.5 Å². The highest BCUT2D eigenvalue weighted by Gasteiger charge is 2.50. The number of benzene rings is 4. The molecule has 4 aromatic rings. The Bertz CT molecular complexity index is 1400. The molecule has 5 rings (SSSR count). The van der Waals surface area contributed by atoms with Crippen molar-refractivity contribution in [1.29, 1.82) is 0 Å². The summed E-state index contributed by atoms with van der Waals surface area (Å²) in [5.41, 5.74) is 2.48. The van der Waals surface area contributed by atoms with Gasteiger partial charge >= 0.3 is 5.97 Å². The van der Waals surface area contributed by atoms with E-state index in [9.17, 15) is 4.79 Å². The van der Waals surface area contributed by atoms with Crippen LogP contribution in [0.1, 0.15) is 23.6 Å². The van der Waals surface area contributed by atoms with E-state index in [0.29, 0.717) is 19.8 Å². The van der Waals surface area contributed by atoms with Gasteiger partial charge in [0.05, 0.1) is 33.5 Å². The summed E-state index contributed by atoms with van der Waals surface area (Å²) in [4.78, 5) is 13.4. The minimum atomic E-state index is -0.755. The molecule has 230 valence electrons. The standard InChI is InChI=1S/C36H38O7S/c1-26(37)42-35-34(41-24-29-16-10-5-11-17-29)33(40-23-28-14-8-4-9-15-28)32(25-39-22-27-12-6-3-7-13-27)43-36(35)44-31-20-18-30(38-2)19-21-31/h3-21,32-36H,22-25H2,1-2H3/t32?,33-,34?,35?,36-/m1/s1. The molecule has 8 heteroatoms. The van der Waals surface area contributed by atoms with Gasteiger partial charge in [-0.15, -0.1) is 0 Å². The van der Waals surface area contributed by atoms with Crippen molar-refractivity contribution >= 4 is 17.7 Å². The maximum absolute atomic E-state index is 12.5. The molecule has 0 N–H and O–H groups in total. The third kappa shape index (κ3) is 9.17. The second kappa shape index (κ2) is 16.4. The van der Waals surface area contributed by atoms with Crippen molar-refractivity contribution in [2.45, 2.75) is 61.5 Å². The summed E-state index contributed by atoms with van der Waals surface area (Å²) in [5.74, 6) is 0.328. The smallest absolute Gasteiger partial charge is 0.303 e. The molecule has 7 nitrogen and oxygen atoms in total. The molecule has 0 amide bonds. The normalized spacial score (nSPS) is 21.5. The molecule has 0 radical (unpaired) electrons. The van der Waals surface area contributed by atoms with Crippen molar-refractivity contribution in [3.63, 3.8) is 0 Å². The van der Waals surface area contributed by atoms with E-state index < -0.39 is 35.8 Å². The molecule has 1 fully saturated rings. The van der Waals surface area contributed by atoms with Gasteiger partial charge in [0.1, 0.15) is 29.5 Å². The highest BCUT2D eigenvalue weighted by atomic mass is 32.2. The molecule has 1 aliphatic heterocycles. The van der Waals surface area contributed by atoms with Crippen LogP contribution in [-0.4, -0.2) is 49.5 Å². The summed E-state index contributed by atoms with van der Waals surface area (Å²) in [6.07, 6.45) is -2.50. The van der Waals surface area contributed by atoms with Crippen LogP contribution in [0.3, 0.4) is 0 Å². The van der Waals surface area contributed by atoms with E-state index in [4.69, 9.17) is 28.4 Å². The molecule has 3 unspecified atom stereocenters. The Labute approximate surface area is 263 Å². The van der Waals surface area contributed by atoms with Crippen LogP contribution in [0.25, 0.3) is 0 Å². The highest BCUT2D eigenvalue weighted by Crippen LogP contribution is 2.38. The lowest BCUT2D eigenvalue weighted by Gasteiger charge is -2.45. The van der Waals surface area contributed by atoms with Crippen molar-refractivity contribution in [3.8, 4) is 5.75 Å². The van der Waals surface area contributed by atoms with Crippen LogP contribution >= 0.6 is 11.8 Å². The maximum atomic E-state index is 12.5. The zero-order valence-electron chi connectivity index (χ0n) is 25.0. The zero-order valence-corrected chi connectivity index (χ0v) is 25.8. The SMILES string of the molecule is COc1ccc(S[C@H]2OC(COCc3ccccc3)[C@@H](OCc3ccccc3)C(OCc3ccccc3)C2OC(C)=O)cc1. The molecule has 0 aromatic heterocycles. The van der Waals surface area contributed by atoms with Gasteiger partial charge in [-0.2, -0.15) is 0 Å². The minimum absolute atomic E-state index is 0.256. The number of hydrogen-bond donors (Lipinski definition) is 0. The van der Waals surface area contributed by atoms with Gasteiger partial charge in [-0.1, -0.05) is 103 Å². The van der Waals surface area contributed by atoms with Crippen molar-refractivity contribution in [1.82, 2.24) is 0 Å². The summed E-state index contributed by atoms with van der Waals surface area (Å²) < 4.78 is 37.4. The average molecular weight is 615 g/mol. The number of hydrogen-bond acceptors (Lipinski definition) is 8. The van der Waals surface area contributed by atoms with Gasteiger partial charge in [0.2, 0.25) is 0 Å². The number of thioether (sulfide) groups is 1. The van der Waals surface area contributed by atoms with Crippen LogP contribution in [0.5, 0.6) is 5.75 Å². The zero-order chi connectivity index (χ0) is 30.6. The summed E-state index contributed by atoms with van der Waals surface area (Å²) in [6, 6.07) is 37.5. The highest BCUT2D eigenvalue weighted by molar-refractivity contribution is 7.99. The fourth-order valence-electron chi connectivity index (χ4n) is 5.00. The Morgan fingerprint density at radius 2 is 1.20 bits per heavy atom. The molecule has 0 aliphatic carbocycles. The average Bonchev–Trinajstić information content (AvgIpc) is 3.06. The lowest BCUT2D eigenvalue weighted by Crippen LogP contribution is -2.60. The molecule has 4 aromatic carbocycles. The van der Waals surface area contributed by atoms with E-state index in [2.05, 4.69) is 0 Å². The van der Waals surface area contributed by atoms with Crippen LogP contribution < -0.4 is 4.74 Å².